The highest BCUT2D eigenvalue weighted by atomic mass is 127. The van der Waals surface area contributed by atoms with Gasteiger partial charge in [0.2, 0.25) is 0 Å². The Morgan fingerprint density at radius 1 is 1.23 bits per heavy atom. The number of imidazole rings is 1. The Balaban J connectivity index is 0.00000320. The minimum atomic E-state index is -4.43. The standard InChI is InChI=1S/C18H20F3N7S.HI/c1-3-22-17(26-10-16-27-14(11-29-16)18(19,20)21)25-9-13-4-5-15(24-8-13)28-7-6-23-12(28)2;/h4-8,11H,3,9-10H2,1-2H3,(H2,22,25,26);1H. The molecule has 0 aliphatic rings. The van der Waals surface area contributed by atoms with E-state index < -0.39 is 11.9 Å². The van der Waals surface area contributed by atoms with E-state index >= 15 is 0 Å². The van der Waals surface area contributed by atoms with Crippen molar-refractivity contribution in [3.63, 3.8) is 0 Å². The van der Waals surface area contributed by atoms with Crippen LogP contribution in [0.3, 0.4) is 0 Å². The molecule has 0 radical (unpaired) electrons. The van der Waals surface area contributed by atoms with Crippen molar-refractivity contribution in [2.75, 3.05) is 6.54 Å². The molecule has 0 saturated carbocycles. The molecule has 0 spiro atoms. The van der Waals surface area contributed by atoms with E-state index in [-0.39, 0.29) is 30.5 Å². The lowest BCUT2D eigenvalue weighted by Crippen LogP contribution is -2.36. The molecule has 12 heteroatoms. The first kappa shape index (κ1) is 24.1. The van der Waals surface area contributed by atoms with Gasteiger partial charge < -0.3 is 10.6 Å². The normalized spacial score (nSPS) is 11.8. The summed E-state index contributed by atoms with van der Waals surface area (Å²) in [6, 6.07) is 3.80. The van der Waals surface area contributed by atoms with Gasteiger partial charge in [0.05, 0.1) is 13.1 Å². The molecule has 0 bridgehead atoms. The smallest absolute Gasteiger partial charge is 0.357 e. The van der Waals surface area contributed by atoms with Crippen LogP contribution in [-0.4, -0.2) is 32.0 Å². The molecule has 0 unspecified atom stereocenters. The maximum atomic E-state index is 12.6. The number of hydrogen-bond donors (Lipinski definition) is 2. The lowest BCUT2D eigenvalue weighted by Gasteiger charge is -2.10. The van der Waals surface area contributed by atoms with Crippen LogP contribution in [0.2, 0.25) is 0 Å². The fourth-order valence-electron chi connectivity index (χ4n) is 2.47. The molecule has 0 aliphatic heterocycles. The second-order valence-corrected chi connectivity index (χ2v) is 6.98. The van der Waals surface area contributed by atoms with Crippen molar-refractivity contribution in [3.8, 4) is 5.82 Å². The first-order valence-corrected chi connectivity index (χ1v) is 9.74. The van der Waals surface area contributed by atoms with Crippen molar-refractivity contribution in [2.24, 2.45) is 4.99 Å². The van der Waals surface area contributed by atoms with Gasteiger partial charge in [0, 0.05) is 30.5 Å². The van der Waals surface area contributed by atoms with Crippen LogP contribution < -0.4 is 10.6 Å². The van der Waals surface area contributed by atoms with E-state index in [0.29, 0.717) is 24.1 Å². The topological polar surface area (TPSA) is 80.0 Å². The molecule has 0 saturated heterocycles. The van der Waals surface area contributed by atoms with E-state index in [9.17, 15) is 13.2 Å². The lowest BCUT2D eigenvalue weighted by molar-refractivity contribution is -0.140. The van der Waals surface area contributed by atoms with Crippen LogP contribution in [0.5, 0.6) is 0 Å². The van der Waals surface area contributed by atoms with Crippen LogP contribution in [0.1, 0.15) is 29.0 Å². The van der Waals surface area contributed by atoms with Crippen LogP contribution in [0.4, 0.5) is 13.2 Å². The summed E-state index contributed by atoms with van der Waals surface area (Å²) >= 11 is 0.959. The summed E-state index contributed by atoms with van der Waals surface area (Å²) < 4.78 is 39.8. The van der Waals surface area contributed by atoms with Crippen LogP contribution in [0.15, 0.2) is 41.1 Å². The van der Waals surface area contributed by atoms with Gasteiger partial charge in [-0.25, -0.2) is 19.9 Å². The van der Waals surface area contributed by atoms with Gasteiger partial charge in [0.15, 0.2) is 11.7 Å². The first-order valence-electron chi connectivity index (χ1n) is 8.86. The van der Waals surface area contributed by atoms with Gasteiger partial charge in [-0.2, -0.15) is 13.2 Å². The van der Waals surface area contributed by atoms with Gasteiger partial charge in [-0.05, 0) is 25.5 Å². The monoisotopic (exact) mass is 551 g/mol. The second kappa shape index (κ2) is 10.7. The fourth-order valence-corrected chi connectivity index (χ4v) is 3.21. The minimum Gasteiger partial charge on any atom is -0.357 e. The van der Waals surface area contributed by atoms with E-state index in [1.165, 1.54) is 0 Å². The Hall–Kier alpha value is -2.22. The Bertz CT molecular complexity index is 967. The maximum Gasteiger partial charge on any atom is 0.434 e. The van der Waals surface area contributed by atoms with Crippen molar-refractivity contribution in [1.82, 2.24) is 30.2 Å². The molecular formula is C18H21F3IN7S. The number of thiazole rings is 1. The number of aryl methyl sites for hydroxylation is 1. The molecule has 0 amide bonds. The Labute approximate surface area is 192 Å². The van der Waals surface area contributed by atoms with Gasteiger partial charge in [0.1, 0.15) is 16.6 Å². The summed E-state index contributed by atoms with van der Waals surface area (Å²) in [7, 11) is 0. The molecule has 30 heavy (non-hydrogen) atoms. The molecule has 0 atom stereocenters. The Morgan fingerprint density at radius 2 is 2.03 bits per heavy atom. The summed E-state index contributed by atoms with van der Waals surface area (Å²) in [4.78, 5) is 16.7. The average Bonchev–Trinajstić information content (AvgIpc) is 3.33. The number of pyridine rings is 1. The van der Waals surface area contributed by atoms with Crippen molar-refractivity contribution < 1.29 is 13.2 Å². The van der Waals surface area contributed by atoms with Crippen molar-refractivity contribution in [1.29, 1.82) is 0 Å². The predicted molar refractivity (Wildman–Crippen MR) is 120 cm³/mol. The highest BCUT2D eigenvalue weighted by Gasteiger charge is 2.33. The van der Waals surface area contributed by atoms with Gasteiger partial charge in [-0.15, -0.1) is 35.3 Å². The first-order chi connectivity index (χ1) is 13.9. The molecule has 162 valence electrons. The zero-order valence-corrected chi connectivity index (χ0v) is 19.4. The number of halogens is 4. The van der Waals surface area contributed by atoms with Crippen LogP contribution >= 0.6 is 35.3 Å². The molecule has 3 rings (SSSR count). The number of aliphatic imine (C=N–C) groups is 1. The largest absolute Gasteiger partial charge is 0.434 e. The third kappa shape index (κ3) is 6.39. The average molecular weight is 551 g/mol. The van der Waals surface area contributed by atoms with Gasteiger partial charge in [-0.3, -0.25) is 4.57 Å². The SMILES string of the molecule is CCNC(=NCc1ccc(-n2ccnc2C)nc1)NCc1nc(C(F)(F)F)cs1.I. The third-order valence-corrected chi connectivity index (χ3v) is 4.74. The zero-order valence-electron chi connectivity index (χ0n) is 16.3. The van der Waals surface area contributed by atoms with E-state index in [1.807, 2.05) is 36.7 Å². The summed E-state index contributed by atoms with van der Waals surface area (Å²) in [5.74, 6) is 2.10. The third-order valence-electron chi connectivity index (χ3n) is 3.89. The van der Waals surface area contributed by atoms with E-state index in [4.69, 9.17) is 0 Å². The summed E-state index contributed by atoms with van der Waals surface area (Å²) in [5, 5.41) is 7.41. The molecule has 0 fully saturated rings. The number of hydrogen-bond acceptors (Lipinski definition) is 5. The zero-order chi connectivity index (χ0) is 20.9. The molecule has 0 aliphatic carbocycles. The van der Waals surface area contributed by atoms with Gasteiger partial charge >= 0.3 is 6.18 Å². The molecule has 2 N–H and O–H groups in total. The van der Waals surface area contributed by atoms with Crippen molar-refractivity contribution in [2.45, 2.75) is 33.1 Å². The summed E-state index contributed by atoms with van der Waals surface area (Å²) in [6.07, 6.45) is 0.856. The van der Waals surface area contributed by atoms with E-state index in [0.717, 1.165) is 33.9 Å². The summed E-state index contributed by atoms with van der Waals surface area (Å²) in [5.41, 5.74) is 0.0258. The quantitative estimate of drug-likeness (QED) is 0.276. The van der Waals surface area contributed by atoms with Crippen LogP contribution in [0, 0.1) is 6.92 Å². The molecular weight excluding hydrogens is 530 g/mol. The Kier molecular flexibility index (Phi) is 8.58. The Morgan fingerprint density at radius 3 is 2.60 bits per heavy atom. The second-order valence-electron chi connectivity index (χ2n) is 6.04. The highest BCUT2D eigenvalue weighted by Crippen LogP contribution is 2.29. The minimum absolute atomic E-state index is 0. The molecule has 3 aromatic heterocycles. The highest BCUT2D eigenvalue weighted by molar-refractivity contribution is 14.0. The van der Waals surface area contributed by atoms with E-state index in [2.05, 4.69) is 30.6 Å². The fraction of sp³-hybridized carbons (Fsp3) is 0.333. The molecule has 7 nitrogen and oxygen atoms in total. The van der Waals surface area contributed by atoms with E-state index in [1.54, 1.807) is 12.4 Å². The number of alkyl halides is 3. The summed E-state index contributed by atoms with van der Waals surface area (Å²) in [6.45, 7) is 4.95. The number of nitrogens with one attached hydrogen (secondary N) is 2. The number of guanidine groups is 1. The van der Waals surface area contributed by atoms with Gasteiger partial charge in [-0.1, -0.05) is 6.07 Å². The van der Waals surface area contributed by atoms with Gasteiger partial charge in [0.25, 0.3) is 0 Å². The van der Waals surface area contributed by atoms with Crippen molar-refractivity contribution >= 4 is 41.3 Å². The van der Waals surface area contributed by atoms with Crippen LogP contribution in [0.25, 0.3) is 5.82 Å². The molecule has 0 aromatic carbocycles. The maximum absolute atomic E-state index is 12.6. The predicted octanol–water partition coefficient (Wildman–Crippen LogP) is 3.92. The van der Waals surface area contributed by atoms with Crippen LogP contribution in [-0.2, 0) is 19.3 Å². The lowest BCUT2D eigenvalue weighted by atomic mass is 10.3. The molecule has 3 heterocycles. The molecule has 3 aromatic rings. The number of rotatable bonds is 6. The number of aromatic nitrogens is 4. The number of nitrogens with zero attached hydrogens (tertiary/aromatic N) is 5. The van der Waals surface area contributed by atoms with Crippen molar-refractivity contribution in [3.05, 3.63) is 58.2 Å².